The quantitative estimate of drug-likeness (QED) is 0.545. The summed E-state index contributed by atoms with van der Waals surface area (Å²) >= 11 is 0. The van der Waals surface area contributed by atoms with Gasteiger partial charge in [-0.25, -0.2) is 8.42 Å². The fourth-order valence-corrected chi connectivity index (χ4v) is 3.61. The van der Waals surface area contributed by atoms with Gasteiger partial charge in [0.1, 0.15) is 0 Å². The predicted octanol–water partition coefficient (Wildman–Crippen LogP) is -1.37. The third-order valence-corrected chi connectivity index (χ3v) is 5.06. The molecular weight excluding hydrogens is 286 g/mol. The lowest BCUT2D eigenvalue weighted by Crippen LogP contribution is -2.84. The SMILES string of the molecule is O=[N+]([O-])c1cc(S(=O)(=O)N2CCC[NH2+]CC2)ccc1[O-]. The smallest absolute Gasteiger partial charge is 0.263 e. The number of nitro groups is 1. The van der Waals surface area contributed by atoms with Gasteiger partial charge in [0.25, 0.3) is 5.69 Å². The summed E-state index contributed by atoms with van der Waals surface area (Å²) in [6, 6.07) is 2.89. The number of nitro benzene ring substituents is 1. The Hall–Kier alpha value is -1.71. The van der Waals surface area contributed by atoms with E-state index in [0.29, 0.717) is 19.6 Å². The third kappa shape index (κ3) is 2.89. The lowest BCUT2D eigenvalue weighted by Gasteiger charge is -2.19. The fourth-order valence-electron chi connectivity index (χ4n) is 2.09. The summed E-state index contributed by atoms with van der Waals surface area (Å²) in [6.07, 6.45) is 0.723. The summed E-state index contributed by atoms with van der Waals surface area (Å²) in [7, 11) is -3.79. The van der Waals surface area contributed by atoms with Crippen molar-refractivity contribution in [2.75, 3.05) is 26.2 Å². The predicted molar refractivity (Wildman–Crippen MR) is 67.6 cm³/mol. The van der Waals surface area contributed by atoms with Gasteiger partial charge in [-0.3, -0.25) is 10.1 Å². The van der Waals surface area contributed by atoms with Crippen LogP contribution in [0.5, 0.6) is 5.75 Å². The molecule has 0 atom stereocenters. The minimum atomic E-state index is -3.79. The van der Waals surface area contributed by atoms with E-state index in [1.54, 1.807) is 0 Å². The topological polar surface area (TPSA) is 120 Å². The van der Waals surface area contributed by atoms with Gasteiger partial charge in [0.05, 0.1) is 29.5 Å². The Kier molecular flexibility index (Phi) is 4.21. The van der Waals surface area contributed by atoms with Crippen molar-refractivity contribution in [3.63, 3.8) is 0 Å². The Bertz CT molecular complexity index is 608. The average Bonchev–Trinajstić information content (AvgIpc) is 2.67. The van der Waals surface area contributed by atoms with Crippen molar-refractivity contribution in [2.45, 2.75) is 11.3 Å². The number of sulfonamides is 1. The fraction of sp³-hybridized carbons (Fsp3) is 0.455. The first-order valence-corrected chi connectivity index (χ1v) is 7.64. The molecule has 1 fully saturated rings. The highest BCUT2D eigenvalue weighted by Crippen LogP contribution is 2.27. The molecule has 1 aromatic carbocycles. The van der Waals surface area contributed by atoms with E-state index in [9.17, 15) is 23.6 Å². The Morgan fingerprint density at radius 2 is 2.00 bits per heavy atom. The number of benzene rings is 1. The van der Waals surface area contributed by atoms with Crippen molar-refractivity contribution < 1.29 is 23.8 Å². The standard InChI is InChI=1S/C11H15N3O5S/c15-11-3-2-9(8-10(11)14(16)17)20(18,19)13-6-1-4-12-5-7-13/h2-3,8,12,15H,1,4-7H2. The van der Waals surface area contributed by atoms with Crippen molar-refractivity contribution in [1.29, 1.82) is 0 Å². The van der Waals surface area contributed by atoms with Gasteiger partial charge in [0.2, 0.25) is 10.0 Å². The van der Waals surface area contributed by atoms with E-state index in [1.807, 2.05) is 5.32 Å². The first-order valence-electron chi connectivity index (χ1n) is 6.20. The monoisotopic (exact) mass is 301 g/mol. The molecule has 0 unspecified atom stereocenters. The molecule has 1 aliphatic rings. The van der Waals surface area contributed by atoms with Crippen LogP contribution in [0, 0.1) is 10.1 Å². The van der Waals surface area contributed by atoms with E-state index in [2.05, 4.69) is 0 Å². The number of quaternary nitrogens is 1. The molecule has 20 heavy (non-hydrogen) atoms. The molecule has 0 saturated carbocycles. The zero-order valence-corrected chi connectivity index (χ0v) is 11.5. The highest BCUT2D eigenvalue weighted by atomic mass is 32.2. The molecule has 2 rings (SSSR count). The molecular formula is C11H15N3O5S. The molecule has 0 radical (unpaired) electrons. The van der Waals surface area contributed by atoms with Crippen LogP contribution < -0.4 is 10.4 Å². The Morgan fingerprint density at radius 3 is 2.70 bits per heavy atom. The van der Waals surface area contributed by atoms with Gasteiger partial charge in [-0.1, -0.05) is 6.07 Å². The first kappa shape index (κ1) is 14.7. The minimum absolute atomic E-state index is 0.203. The van der Waals surface area contributed by atoms with Crippen molar-refractivity contribution >= 4 is 15.7 Å². The van der Waals surface area contributed by atoms with Gasteiger partial charge in [-0.2, -0.15) is 4.31 Å². The maximum atomic E-state index is 12.4. The molecule has 110 valence electrons. The lowest BCUT2D eigenvalue weighted by molar-refractivity contribution is -0.651. The Balaban J connectivity index is 2.38. The van der Waals surface area contributed by atoms with Gasteiger partial charge in [0, 0.05) is 19.0 Å². The number of hydrogen-bond donors (Lipinski definition) is 1. The molecule has 1 aromatic rings. The summed E-state index contributed by atoms with van der Waals surface area (Å²) in [6.45, 7) is 2.24. The first-order chi connectivity index (χ1) is 9.43. The zero-order valence-electron chi connectivity index (χ0n) is 10.7. The molecule has 0 bridgehead atoms. The lowest BCUT2D eigenvalue weighted by atomic mass is 10.3. The number of nitrogens with two attached hydrogens (primary N) is 1. The second-order valence-electron chi connectivity index (χ2n) is 4.51. The molecule has 1 heterocycles. The van der Waals surface area contributed by atoms with Crippen LogP contribution in [0.4, 0.5) is 5.69 Å². The van der Waals surface area contributed by atoms with Crippen molar-refractivity contribution in [3.8, 4) is 5.75 Å². The average molecular weight is 301 g/mol. The summed E-state index contributed by atoms with van der Waals surface area (Å²) < 4.78 is 26.1. The van der Waals surface area contributed by atoms with Gasteiger partial charge in [-0.05, 0) is 11.8 Å². The van der Waals surface area contributed by atoms with E-state index in [0.717, 1.165) is 31.2 Å². The largest absolute Gasteiger partial charge is 0.868 e. The van der Waals surface area contributed by atoms with Crippen LogP contribution in [0.25, 0.3) is 0 Å². The van der Waals surface area contributed by atoms with Gasteiger partial charge in [-0.15, -0.1) is 0 Å². The number of nitrogens with zero attached hydrogens (tertiary/aromatic N) is 2. The second-order valence-corrected chi connectivity index (χ2v) is 6.45. The molecule has 2 N–H and O–H groups in total. The van der Waals surface area contributed by atoms with Crippen molar-refractivity contribution in [3.05, 3.63) is 28.3 Å². The van der Waals surface area contributed by atoms with Crippen LogP contribution in [0.2, 0.25) is 0 Å². The van der Waals surface area contributed by atoms with Gasteiger partial charge >= 0.3 is 0 Å². The van der Waals surface area contributed by atoms with Crippen molar-refractivity contribution in [1.82, 2.24) is 4.31 Å². The highest BCUT2D eigenvalue weighted by Gasteiger charge is 2.27. The number of rotatable bonds is 3. The molecule has 0 aliphatic carbocycles. The van der Waals surface area contributed by atoms with E-state index in [1.165, 1.54) is 4.31 Å². The Morgan fingerprint density at radius 1 is 1.25 bits per heavy atom. The second kappa shape index (κ2) is 5.73. The van der Waals surface area contributed by atoms with Crippen LogP contribution in [0.1, 0.15) is 6.42 Å². The molecule has 0 amide bonds. The number of hydrogen-bond acceptors (Lipinski definition) is 5. The molecule has 9 heteroatoms. The van der Waals surface area contributed by atoms with E-state index >= 15 is 0 Å². The van der Waals surface area contributed by atoms with Crippen LogP contribution >= 0.6 is 0 Å². The van der Waals surface area contributed by atoms with Crippen LogP contribution in [-0.2, 0) is 10.0 Å². The molecule has 8 nitrogen and oxygen atoms in total. The highest BCUT2D eigenvalue weighted by molar-refractivity contribution is 7.89. The summed E-state index contributed by atoms with van der Waals surface area (Å²) in [5.74, 6) is -0.793. The molecule has 1 aliphatic heterocycles. The van der Waals surface area contributed by atoms with Crippen LogP contribution in [-0.4, -0.2) is 43.8 Å². The zero-order chi connectivity index (χ0) is 14.8. The normalized spacial score (nSPS) is 17.6. The third-order valence-electron chi connectivity index (χ3n) is 3.16. The van der Waals surface area contributed by atoms with E-state index in [4.69, 9.17) is 0 Å². The maximum Gasteiger partial charge on any atom is 0.263 e. The Labute approximate surface area is 116 Å². The maximum absolute atomic E-state index is 12.4. The summed E-state index contributed by atoms with van der Waals surface area (Å²) in [4.78, 5) is 9.66. The summed E-state index contributed by atoms with van der Waals surface area (Å²) in [5.41, 5.74) is -0.715. The van der Waals surface area contributed by atoms with Crippen LogP contribution in [0.15, 0.2) is 23.1 Å². The van der Waals surface area contributed by atoms with Crippen LogP contribution in [0.3, 0.4) is 0 Å². The molecule has 0 aromatic heterocycles. The minimum Gasteiger partial charge on any atom is -0.868 e. The van der Waals surface area contributed by atoms with Gasteiger partial charge in [0.15, 0.2) is 0 Å². The molecule has 0 spiro atoms. The van der Waals surface area contributed by atoms with Crippen molar-refractivity contribution in [2.24, 2.45) is 0 Å². The van der Waals surface area contributed by atoms with Gasteiger partial charge < -0.3 is 10.4 Å². The molecule has 1 saturated heterocycles. The van der Waals surface area contributed by atoms with E-state index in [-0.39, 0.29) is 4.90 Å². The van der Waals surface area contributed by atoms with E-state index < -0.39 is 26.4 Å². The summed E-state index contributed by atoms with van der Waals surface area (Å²) in [5, 5.41) is 24.1.